The number of ether oxygens (including phenoxy) is 2. The molecule has 26 heavy (non-hydrogen) atoms. The maximum Gasteiger partial charge on any atom is 0.272 e. The number of hydrogen-bond donors (Lipinski definition) is 1. The number of H-pyrrole nitrogens is 1. The van der Waals surface area contributed by atoms with Crippen LogP contribution in [0.4, 0.5) is 5.82 Å². The summed E-state index contributed by atoms with van der Waals surface area (Å²) in [6, 6.07) is 7.17. The first-order chi connectivity index (χ1) is 12.7. The molecular formula is C19H21ClN4O2. The van der Waals surface area contributed by atoms with Crippen molar-refractivity contribution in [2.24, 2.45) is 4.99 Å². The summed E-state index contributed by atoms with van der Waals surface area (Å²) >= 11 is 6.50. The Morgan fingerprint density at radius 2 is 2.04 bits per heavy atom. The zero-order chi connectivity index (χ0) is 18.7. The Morgan fingerprint density at radius 3 is 2.65 bits per heavy atom. The molecule has 0 spiro atoms. The van der Waals surface area contributed by atoms with Gasteiger partial charge in [-0.05, 0) is 18.1 Å². The average Bonchev–Trinajstić information content (AvgIpc) is 3.06. The monoisotopic (exact) mass is 372 g/mol. The first-order valence-corrected chi connectivity index (χ1v) is 8.86. The van der Waals surface area contributed by atoms with Crippen LogP contribution in [0.15, 0.2) is 29.3 Å². The van der Waals surface area contributed by atoms with E-state index in [1.54, 1.807) is 14.2 Å². The van der Waals surface area contributed by atoms with Gasteiger partial charge in [-0.3, -0.25) is 5.10 Å². The van der Waals surface area contributed by atoms with Crippen LogP contribution in [0.3, 0.4) is 0 Å². The SMILES string of the molecule is [C-]#[N+]C1C(CCC)=Nc2n[nH]c(C(OC)OC)c2C1c1ccccc1Cl. The highest BCUT2D eigenvalue weighted by Gasteiger charge is 2.43. The van der Waals surface area contributed by atoms with Gasteiger partial charge in [0.2, 0.25) is 0 Å². The van der Waals surface area contributed by atoms with Crippen molar-refractivity contribution in [2.75, 3.05) is 14.2 Å². The Balaban J connectivity index is 2.25. The van der Waals surface area contributed by atoms with Crippen LogP contribution in [-0.2, 0) is 9.47 Å². The fourth-order valence-corrected chi connectivity index (χ4v) is 3.73. The Bertz CT molecular complexity index is 851. The first kappa shape index (κ1) is 18.6. The third-order valence-corrected chi connectivity index (χ3v) is 4.92. The molecule has 1 aromatic carbocycles. The minimum atomic E-state index is -0.620. The molecule has 7 heteroatoms. The summed E-state index contributed by atoms with van der Waals surface area (Å²) < 4.78 is 10.8. The molecule has 0 aliphatic carbocycles. The summed E-state index contributed by atoms with van der Waals surface area (Å²) in [6.45, 7) is 9.90. The van der Waals surface area contributed by atoms with E-state index in [2.05, 4.69) is 27.0 Å². The van der Waals surface area contributed by atoms with E-state index in [9.17, 15) is 0 Å². The number of halogens is 1. The highest BCUT2D eigenvalue weighted by atomic mass is 35.5. The van der Waals surface area contributed by atoms with Gasteiger partial charge < -0.3 is 14.3 Å². The van der Waals surface area contributed by atoms with E-state index in [0.717, 1.165) is 29.7 Å². The van der Waals surface area contributed by atoms with E-state index in [-0.39, 0.29) is 5.92 Å². The van der Waals surface area contributed by atoms with Crippen molar-refractivity contribution in [3.63, 3.8) is 0 Å². The molecule has 1 aromatic heterocycles. The number of aromatic nitrogens is 2. The minimum absolute atomic E-state index is 0.281. The lowest BCUT2D eigenvalue weighted by Gasteiger charge is -2.26. The Kier molecular flexibility index (Phi) is 5.72. The van der Waals surface area contributed by atoms with Gasteiger partial charge in [0.1, 0.15) is 5.71 Å². The standard InChI is InChI=1S/C19H21ClN4O2/c1-5-8-13-16(21-2)14(11-9-6-7-10-12(11)20)15-17(19(25-3)26-4)23-24-18(15)22-13/h6-7,9-10,14,16,19H,5,8H2,1,3-4H3,(H,23,24). The number of nitrogens with one attached hydrogen (secondary N) is 1. The second-order valence-corrected chi connectivity index (χ2v) is 6.51. The van der Waals surface area contributed by atoms with Gasteiger partial charge in [0.25, 0.3) is 6.04 Å². The second-order valence-electron chi connectivity index (χ2n) is 6.10. The molecule has 3 rings (SSSR count). The average molecular weight is 373 g/mol. The molecule has 0 amide bonds. The molecule has 0 saturated carbocycles. The summed E-state index contributed by atoms with van der Waals surface area (Å²) in [5.41, 5.74) is 3.20. The maximum absolute atomic E-state index is 7.83. The van der Waals surface area contributed by atoms with Crippen molar-refractivity contribution >= 4 is 23.1 Å². The molecule has 6 nitrogen and oxygen atoms in total. The smallest absolute Gasteiger partial charge is 0.272 e. The number of rotatable bonds is 6. The van der Waals surface area contributed by atoms with Gasteiger partial charge >= 0.3 is 0 Å². The van der Waals surface area contributed by atoms with Gasteiger partial charge in [-0.25, -0.2) is 11.6 Å². The summed E-state index contributed by atoms with van der Waals surface area (Å²) in [5, 5.41) is 7.97. The molecule has 1 aliphatic heterocycles. The van der Waals surface area contributed by atoms with Crippen molar-refractivity contribution < 1.29 is 9.47 Å². The highest BCUT2D eigenvalue weighted by Crippen LogP contribution is 2.45. The minimum Gasteiger partial charge on any atom is -0.350 e. The van der Waals surface area contributed by atoms with Gasteiger partial charge in [0.15, 0.2) is 12.1 Å². The molecule has 1 aliphatic rings. The van der Waals surface area contributed by atoms with Crippen molar-refractivity contribution in [1.29, 1.82) is 0 Å². The predicted octanol–water partition coefficient (Wildman–Crippen LogP) is 4.66. The lowest BCUT2D eigenvalue weighted by atomic mass is 9.80. The molecule has 2 heterocycles. The van der Waals surface area contributed by atoms with Crippen LogP contribution in [0, 0.1) is 6.57 Å². The van der Waals surface area contributed by atoms with Crippen molar-refractivity contribution in [3.05, 3.63) is 57.5 Å². The molecule has 0 fully saturated rings. The van der Waals surface area contributed by atoms with E-state index in [1.165, 1.54) is 0 Å². The fraction of sp³-hybridized carbons (Fsp3) is 0.421. The summed E-state index contributed by atoms with van der Waals surface area (Å²) in [7, 11) is 3.12. The highest BCUT2D eigenvalue weighted by molar-refractivity contribution is 6.31. The summed E-state index contributed by atoms with van der Waals surface area (Å²) in [4.78, 5) is 8.59. The topological polar surface area (TPSA) is 63.9 Å². The van der Waals surface area contributed by atoms with E-state index >= 15 is 0 Å². The molecular weight excluding hydrogens is 352 g/mol. The van der Waals surface area contributed by atoms with Gasteiger partial charge in [0.05, 0.1) is 11.6 Å². The van der Waals surface area contributed by atoms with Crippen LogP contribution in [0.1, 0.15) is 48.8 Å². The molecule has 1 N–H and O–H groups in total. The van der Waals surface area contributed by atoms with E-state index in [4.69, 9.17) is 27.6 Å². The number of hydrogen-bond acceptors (Lipinski definition) is 4. The van der Waals surface area contributed by atoms with Gasteiger partial charge in [-0.1, -0.05) is 43.1 Å². The van der Waals surface area contributed by atoms with Crippen molar-refractivity contribution in [3.8, 4) is 0 Å². The van der Waals surface area contributed by atoms with Crippen LogP contribution in [0.25, 0.3) is 4.85 Å². The molecule has 0 saturated heterocycles. The zero-order valence-electron chi connectivity index (χ0n) is 15.0. The van der Waals surface area contributed by atoms with Crippen LogP contribution < -0.4 is 0 Å². The third-order valence-electron chi connectivity index (χ3n) is 4.58. The molecule has 2 aromatic rings. The zero-order valence-corrected chi connectivity index (χ0v) is 15.7. The van der Waals surface area contributed by atoms with E-state index in [0.29, 0.717) is 16.5 Å². The lowest BCUT2D eigenvalue weighted by molar-refractivity contribution is -0.109. The normalized spacial score (nSPS) is 19.2. The van der Waals surface area contributed by atoms with Crippen LogP contribution in [0.5, 0.6) is 0 Å². The number of aliphatic imine (C=N–C) groups is 1. The Morgan fingerprint density at radius 1 is 1.31 bits per heavy atom. The summed E-state index contributed by atoms with van der Waals surface area (Å²) in [5.74, 6) is 0.296. The number of fused-ring (bicyclic) bond motifs is 1. The predicted molar refractivity (Wildman–Crippen MR) is 101 cm³/mol. The van der Waals surface area contributed by atoms with Crippen LogP contribution >= 0.6 is 11.6 Å². The number of nitrogens with zero attached hydrogens (tertiary/aromatic N) is 3. The Labute approximate surface area is 158 Å². The molecule has 2 atom stereocenters. The number of benzene rings is 1. The third kappa shape index (κ3) is 3.14. The van der Waals surface area contributed by atoms with E-state index < -0.39 is 12.3 Å². The van der Waals surface area contributed by atoms with Gasteiger partial charge in [0, 0.05) is 24.8 Å². The second kappa shape index (κ2) is 8.00. The summed E-state index contributed by atoms with van der Waals surface area (Å²) in [6.07, 6.45) is 1.03. The van der Waals surface area contributed by atoms with Crippen molar-refractivity contribution in [2.45, 2.75) is 38.0 Å². The molecule has 0 radical (unpaired) electrons. The van der Waals surface area contributed by atoms with Crippen LogP contribution in [0.2, 0.25) is 5.02 Å². The maximum atomic E-state index is 7.83. The van der Waals surface area contributed by atoms with Crippen molar-refractivity contribution in [1.82, 2.24) is 10.2 Å². The van der Waals surface area contributed by atoms with Gasteiger partial charge in [-0.2, -0.15) is 5.10 Å². The first-order valence-electron chi connectivity index (χ1n) is 8.48. The molecule has 2 unspecified atom stereocenters. The fourth-order valence-electron chi connectivity index (χ4n) is 3.47. The Hall–Kier alpha value is -2.20. The molecule has 0 bridgehead atoms. The largest absolute Gasteiger partial charge is 0.350 e. The quantitative estimate of drug-likeness (QED) is 0.592. The number of methoxy groups -OCH3 is 2. The van der Waals surface area contributed by atoms with Gasteiger partial charge in [-0.15, -0.1) is 0 Å². The van der Waals surface area contributed by atoms with Crippen LogP contribution in [-0.4, -0.2) is 36.2 Å². The number of aromatic amines is 1. The lowest BCUT2D eigenvalue weighted by Crippen LogP contribution is -2.30. The van der Waals surface area contributed by atoms with E-state index in [1.807, 2.05) is 24.3 Å². The molecule has 136 valence electrons.